The Hall–Kier alpha value is -3.55. The number of nitrogens with zero attached hydrogens (tertiary/aromatic N) is 2. The van der Waals surface area contributed by atoms with Gasteiger partial charge in [-0.2, -0.15) is 0 Å². The molecule has 3 rings (SSSR count). The van der Waals surface area contributed by atoms with Gasteiger partial charge in [0.05, 0.1) is 0 Å². The molecule has 0 radical (unpaired) electrons. The molecular weight excluding hydrogens is 340 g/mol. The lowest BCUT2D eigenvalue weighted by molar-refractivity contribution is -0.171. The summed E-state index contributed by atoms with van der Waals surface area (Å²) >= 11 is 0. The van der Waals surface area contributed by atoms with Crippen LogP contribution in [0.15, 0.2) is 54.6 Å². The molecule has 1 aliphatic heterocycles. The molecule has 1 aromatic heterocycles. The molecule has 2 aromatic rings. The highest BCUT2D eigenvalue weighted by Crippen LogP contribution is 2.39. The van der Waals surface area contributed by atoms with E-state index in [2.05, 4.69) is 0 Å². The number of benzene rings is 1. The van der Waals surface area contributed by atoms with Gasteiger partial charge < -0.3 is 15.3 Å². The van der Waals surface area contributed by atoms with Crippen molar-refractivity contribution in [3.63, 3.8) is 0 Å². The number of hydrogen-bond acceptors (Lipinski definition) is 5. The number of hydrogen-bond donors (Lipinski definition) is 3. The predicted octanol–water partition coefficient (Wildman–Crippen LogP) is 1.19. The molecule has 134 valence electrons. The third kappa shape index (κ3) is 2.61. The molecule has 0 aliphatic carbocycles. The van der Waals surface area contributed by atoms with Crippen LogP contribution in [-0.2, 0) is 26.5 Å². The summed E-state index contributed by atoms with van der Waals surface area (Å²) in [4.78, 5) is 37.3. The summed E-state index contributed by atoms with van der Waals surface area (Å²) in [6.07, 6.45) is 1.85. The van der Waals surface area contributed by atoms with Gasteiger partial charge in [-0.25, -0.2) is 14.3 Å². The molecule has 8 heteroatoms. The van der Waals surface area contributed by atoms with E-state index in [1.165, 1.54) is 0 Å². The highest BCUT2D eigenvalue weighted by Gasteiger charge is 2.54. The van der Waals surface area contributed by atoms with Gasteiger partial charge in [0, 0.05) is 30.7 Å². The van der Waals surface area contributed by atoms with Gasteiger partial charge >= 0.3 is 5.97 Å². The number of imide groups is 1. The van der Waals surface area contributed by atoms with E-state index in [9.17, 15) is 29.7 Å². The third-order valence-electron chi connectivity index (χ3n) is 4.34. The van der Waals surface area contributed by atoms with Crippen molar-refractivity contribution in [1.82, 2.24) is 9.47 Å². The van der Waals surface area contributed by atoms with Gasteiger partial charge in [-0.15, -0.1) is 0 Å². The number of amides is 2. The van der Waals surface area contributed by atoms with Gasteiger partial charge in [0.25, 0.3) is 11.8 Å². The molecular formula is C18H16N2O6. The molecule has 0 bridgehead atoms. The second kappa shape index (κ2) is 6.40. The fraction of sp³-hybridized carbons (Fsp3) is 0.167. The summed E-state index contributed by atoms with van der Waals surface area (Å²) in [6.45, 7) is 0. The van der Waals surface area contributed by atoms with Gasteiger partial charge in [-0.1, -0.05) is 30.3 Å². The van der Waals surface area contributed by atoms with Crippen LogP contribution in [0, 0.1) is 0 Å². The minimum atomic E-state index is -2.31. The summed E-state index contributed by atoms with van der Waals surface area (Å²) < 4.78 is 0.682. The standard InChI is InChI=1S/C18H16N2O6/c21-13-6-7-14(22)19(13)18(17(25)26,20-15(23)8-9-16(20)24)11-10-12-4-2-1-3-5-12/h1-9,21-22H,10-11H2,(H,25,26). The Kier molecular flexibility index (Phi) is 4.25. The smallest absolute Gasteiger partial charge is 0.351 e. The van der Waals surface area contributed by atoms with Crippen LogP contribution in [0.25, 0.3) is 0 Å². The zero-order valence-corrected chi connectivity index (χ0v) is 13.6. The number of carbonyl (C=O) groups excluding carboxylic acids is 2. The first kappa shape index (κ1) is 17.3. The normalized spacial score (nSPS) is 16.1. The molecule has 2 amide bonds. The van der Waals surface area contributed by atoms with Crippen LogP contribution < -0.4 is 0 Å². The maximum atomic E-state index is 12.3. The highest BCUT2D eigenvalue weighted by molar-refractivity contribution is 6.15. The first-order valence-corrected chi connectivity index (χ1v) is 7.81. The minimum Gasteiger partial charge on any atom is -0.494 e. The van der Waals surface area contributed by atoms with Crippen LogP contribution >= 0.6 is 0 Å². The van der Waals surface area contributed by atoms with E-state index in [4.69, 9.17) is 0 Å². The second-order valence-electron chi connectivity index (χ2n) is 5.84. The van der Waals surface area contributed by atoms with Crippen molar-refractivity contribution >= 4 is 17.8 Å². The molecule has 26 heavy (non-hydrogen) atoms. The second-order valence-corrected chi connectivity index (χ2v) is 5.84. The van der Waals surface area contributed by atoms with E-state index in [0.717, 1.165) is 29.8 Å². The summed E-state index contributed by atoms with van der Waals surface area (Å²) in [6, 6.07) is 11.1. The van der Waals surface area contributed by atoms with Crippen LogP contribution in [0.1, 0.15) is 12.0 Å². The molecule has 1 aliphatic rings. The first-order chi connectivity index (χ1) is 12.4. The lowest BCUT2D eigenvalue weighted by Crippen LogP contribution is -2.58. The summed E-state index contributed by atoms with van der Waals surface area (Å²) in [5.41, 5.74) is -1.54. The van der Waals surface area contributed by atoms with E-state index < -0.39 is 35.2 Å². The lowest BCUT2D eigenvalue weighted by atomic mass is 9.97. The van der Waals surface area contributed by atoms with Crippen LogP contribution in [0.5, 0.6) is 11.8 Å². The molecule has 1 unspecified atom stereocenters. The third-order valence-corrected chi connectivity index (χ3v) is 4.34. The Bertz CT molecular complexity index is 864. The number of rotatable bonds is 6. The van der Waals surface area contributed by atoms with Crippen LogP contribution in [0.2, 0.25) is 0 Å². The number of aryl methyl sites for hydroxylation is 1. The minimum absolute atomic E-state index is 0.182. The Morgan fingerprint density at radius 1 is 0.923 bits per heavy atom. The average Bonchev–Trinajstić information content (AvgIpc) is 3.13. The molecule has 0 saturated carbocycles. The SMILES string of the molecule is O=C1C=CC(=O)N1C(CCc1ccccc1)(C(=O)O)n1c(O)ccc1O. The van der Waals surface area contributed by atoms with E-state index in [1.54, 1.807) is 30.3 Å². The van der Waals surface area contributed by atoms with Gasteiger partial charge in [-0.05, 0) is 12.0 Å². The predicted molar refractivity (Wildman–Crippen MR) is 89.1 cm³/mol. The average molecular weight is 356 g/mol. The Balaban J connectivity index is 2.15. The number of carboxylic acid groups (broad SMARTS) is 1. The summed E-state index contributed by atoms with van der Waals surface area (Å²) in [5.74, 6) is -4.38. The quantitative estimate of drug-likeness (QED) is 0.669. The number of carbonyl (C=O) groups is 3. The first-order valence-electron chi connectivity index (χ1n) is 7.81. The molecule has 2 heterocycles. The molecule has 3 N–H and O–H groups in total. The summed E-state index contributed by atoms with van der Waals surface area (Å²) in [5, 5.41) is 30.2. The maximum absolute atomic E-state index is 12.3. The topological polar surface area (TPSA) is 120 Å². The van der Waals surface area contributed by atoms with Crippen molar-refractivity contribution in [2.75, 3.05) is 0 Å². The number of aliphatic carboxylic acids is 1. The number of aromatic nitrogens is 1. The Labute approximate surface area is 148 Å². The van der Waals surface area contributed by atoms with Gasteiger partial charge in [0.2, 0.25) is 5.66 Å². The van der Waals surface area contributed by atoms with E-state index in [-0.39, 0.29) is 12.8 Å². The van der Waals surface area contributed by atoms with Crippen molar-refractivity contribution in [2.45, 2.75) is 18.5 Å². The Morgan fingerprint density at radius 2 is 1.46 bits per heavy atom. The van der Waals surface area contributed by atoms with Crippen LogP contribution in [-0.4, -0.2) is 42.6 Å². The fourth-order valence-corrected chi connectivity index (χ4v) is 3.14. The van der Waals surface area contributed by atoms with E-state index in [0.29, 0.717) is 9.47 Å². The zero-order valence-electron chi connectivity index (χ0n) is 13.6. The molecule has 1 aromatic carbocycles. The zero-order chi connectivity index (χ0) is 18.9. The van der Waals surface area contributed by atoms with Crippen LogP contribution in [0.3, 0.4) is 0 Å². The number of aromatic hydroxyl groups is 2. The summed E-state index contributed by atoms with van der Waals surface area (Å²) in [7, 11) is 0. The van der Waals surface area contributed by atoms with Crippen LogP contribution in [0.4, 0.5) is 0 Å². The van der Waals surface area contributed by atoms with Crippen molar-refractivity contribution in [2.24, 2.45) is 0 Å². The lowest BCUT2D eigenvalue weighted by Gasteiger charge is -2.38. The molecule has 0 fully saturated rings. The van der Waals surface area contributed by atoms with E-state index >= 15 is 0 Å². The van der Waals surface area contributed by atoms with E-state index in [1.807, 2.05) is 0 Å². The monoisotopic (exact) mass is 356 g/mol. The number of carboxylic acids is 1. The molecule has 1 atom stereocenters. The highest BCUT2D eigenvalue weighted by atomic mass is 16.4. The van der Waals surface area contributed by atoms with Crippen molar-refractivity contribution < 1.29 is 29.7 Å². The maximum Gasteiger partial charge on any atom is 0.351 e. The van der Waals surface area contributed by atoms with Crippen molar-refractivity contribution in [1.29, 1.82) is 0 Å². The van der Waals surface area contributed by atoms with Crippen molar-refractivity contribution in [3.8, 4) is 11.8 Å². The molecule has 0 spiro atoms. The molecule has 0 saturated heterocycles. The molecule has 8 nitrogen and oxygen atoms in total. The largest absolute Gasteiger partial charge is 0.494 e. The van der Waals surface area contributed by atoms with Gasteiger partial charge in [0.1, 0.15) is 0 Å². The Morgan fingerprint density at radius 3 is 1.96 bits per heavy atom. The van der Waals surface area contributed by atoms with Gasteiger partial charge in [-0.3, -0.25) is 9.59 Å². The fourth-order valence-electron chi connectivity index (χ4n) is 3.14. The van der Waals surface area contributed by atoms with Gasteiger partial charge in [0.15, 0.2) is 11.8 Å². The van der Waals surface area contributed by atoms with Crippen molar-refractivity contribution in [3.05, 3.63) is 60.2 Å².